The molecule has 0 amide bonds. The number of hydrogen-bond acceptors (Lipinski definition) is 1. The van der Waals surface area contributed by atoms with Crippen molar-refractivity contribution in [1.29, 1.82) is 0 Å². The van der Waals surface area contributed by atoms with Crippen LogP contribution in [0.3, 0.4) is 0 Å². The maximum atomic E-state index is 6.23. The molecule has 21 heavy (non-hydrogen) atoms. The standard InChI is InChI=1S/C18H17Cl2N/c1-18(19,20)17(13-12-15-8-4-2-5-9-15)21-14-16-10-6-3-7-11-16/h2-11,17,21H,14H2,1H3. The van der Waals surface area contributed by atoms with E-state index in [4.69, 9.17) is 23.2 Å². The zero-order valence-electron chi connectivity index (χ0n) is 11.8. The molecule has 3 heteroatoms. The number of halogens is 2. The molecule has 0 heterocycles. The summed E-state index contributed by atoms with van der Waals surface area (Å²) in [5.41, 5.74) is 2.11. The van der Waals surface area contributed by atoms with E-state index in [0.29, 0.717) is 6.54 Å². The average Bonchev–Trinajstić information content (AvgIpc) is 2.48. The summed E-state index contributed by atoms with van der Waals surface area (Å²) in [6, 6.07) is 19.6. The number of rotatable bonds is 4. The Bertz CT molecular complexity index is 606. The predicted molar refractivity (Wildman–Crippen MR) is 90.5 cm³/mol. The minimum Gasteiger partial charge on any atom is -0.297 e. The van der Waals surface area contributed by atoms with Crippen molar-refractivity contribution in [2.24, 2.45) is 0 Å². The van der Waals surface area contributed by atoms with E-state index < -0.39 is 4.33 Å². The molecule has 1 N–H and O–H groups in total. The Morgan fingerprint density at radius 2 is 1.57 bits per heavy atom. The van der Waals surface area contributed by atoms with Gasteiger partial charge in [0.25, 0.3) is 0 Å². The van der Waals surface area contributed by atoms with Crippen LogP contribution < -0.4 is 5.32 Å². The minimum absolute atomic E-state index is 0.318. The Balaban J connectivity index is 2.08. The van der Waals surface area contributed by atoms with Gasteiger partial charge in [0.05, 0.1) is 0 Å². The van der Waals surface area contributed by atoms with Crippen LogP contribution in [0.25, 0.3) is 0 Å². The molecule has 0 aliphatic heterocycles. The summed E-state index contributed by atoms with van der Waals surface area (Å²) in [6.45, 7) is 2.42. The van der Waals surface area contributed by atoms with Gasteiger partial charge in [-0.3, -0.25) is 5.32 Å². The van der Waals surface area contributed by atoms with Crippen LogP contribution in [0.4, 0.5) is 0 Å². The van der Waals surface area contributed by atoms with Gasteiger partial charge in [0, 0.05) is 12.1 Å². The van der Waals surface area contributed by atoms with Crippen molar-refractivity contribution in [1.82, 2.24) is 5.32 Å². The van der Waals surface area contributed by atoms with Gasteiger partial charge in [-0.15, -0.1) is 0 Å². The summed E-state index contributed by atoms with van der Waals surface area (Å²) in [7, 11) is 0. The highest BCUT2D eigenvalue weighted by molar-refractivity contribution is 6.48. The molecule has 0 aliphatic rings. The monoisotopic (exact) mass is 317 g/mol. The van der Waals surface area contributed by atoms with Gasteiger partial charge >= 0.3 is 0 Å². The third kappa shape index (κ3) is 5.44. The normalized spacial score (nSPS) is 12.3. The van der Waals surface area contributed by atoms with E-state index in [9.17, 15) is 0 Å². The summed E-state index contributed by atoms with van der Waals surface area (Å²) < 4.78 is -0.962. The van der Waals surface area contributed by atoms with Gasteiger partial charge in [-0.2, -0.15) is 0 Å². The third-order valence-electron chi connectivity index (χ3n) is 2.99. The fourth-order valence-electron chi connectivity index (χ4n) is 1.85. The first-order valence-corrected chi connectivity index (χ1v) is 7.53. The summed E-state index contributed by atoms with van der Waals surface area (Å²) in [6.07, 6.45) is 0. The van der Waals surface area contributed by atoms with Crippen molar-refractivity contribution in [2.45, 2.75) is 23.8 Å². The van der Waals surface area contributed by atoms with Crippen molar-refractivity contribution < 1.29 is 0 Å². The lowest BCUT2D eigenvalue weighted by Crippen LogP contribution is -2.40. The van der Waals surface area contributed by atoms with Crippen LogP contribution in [0.5, 0.6) is 0 Å². The molecule has 0 aromatic heterocycles. The first kappa shape index (κ1) is 15.9. The van der Waals surface area contributed by atoms with Gasteiger partial charge in [-0.05, 0) is 24.6 Å². The molecule has 0 aliphatic carbocycles. The number of hydrogen-bond donors (Lipinski definition) is 1. The second-order valence-electron chi connectivity index (χ2n) is 4.89. The van der Waals surface area contributed by atoms with Crippen molar-refractivity contribution in [3.8, 4) is 11.8 Å². The van der Waals surface area contributed by atoms with Crippen molar-refractivity contribution in [3.05, 3.63) is 71.8 Å². The smallest absolute Gasteiger partial charge is 0.141 e. The molecule has 108 valence electrons. The molecule has 2 aromatic carbocycles. The van der Waals surface area contributed by atoms with Crippen LogP contribution in [0.15, 0.2) is 60.7 Å². The van der Waals surface area contributed by atoms with Crippen LogP contribution >= 0.6 is 23.2 Å². The molecule has 1 atom stereocenters. The molecule has 1 unspecified atom stereocenters. The fraction of sp³-hybridized carbons (Fsp3) is 0.222. The van der Waals surface area contributed by atoms with Crippen molar-refractivity contribution in [3.63, 3.8) is 0 Å². The van der Waals surface area contributed by atoms with E-state index in [2.05, 4.69) is 29.3 Å². The second kappa shape index (κ2) is 7.52. The Morgan fingerprint density at radius 3 is 2.14 bits per heavy atom. The lowest BCUT2D eigenvalue weighted by molar-refractivity contribution is 0.569. The zero-order valence-corrected chi connectivity index (χ0v) is 13.3. The predicted octanol–water partition coefficient (Wildman–Crippen LogP) is 4.39. The highest BCUT2D eigenvalue weighted by Crippen LogP contribution is 2.24. The molecule has 0 saturated carbocycles. The largest absolute Gasteiger partial charge is 0.297 e. The Kier molecular flexibility index (Phi) is 5.70. The van der Waals surface area contributed by atoms with Crippen molar-refractivity contribution >= 4 is 23.2 Å². The third-order valence-corrected chi connectivity index (χ3v) is 3.43. The van der Waals surface area contributed by atoms with E-state index in [1.54, 1.807) is 6.92 Å². The molecule has 0 saturated heterocycles. The quantitative estimate of drug-likeness (QED) is 0.651. The molecule has 0 fully saturated rings. The van der Waals surface area contributed by atoms with Gasteiger partial charge in [0.2, 0.25) is 0 Å². The topological polar surface area (TPSA) is 12.0 Å². The van der Waals surface area contributed by atoms with Crippen LogP contribution in [0, 0.1) is 11.8 Å². The van der Waals surface area contributed by atoms with Crippen LogP contribution in [-0.4, -0.2) is 10.4 Å². The van der Waals surface area contributed by atoms with Gasteiger partial charge in [-0.1, -0.05) is 83.6 Å². The lowest BCUT2D eigenvalue weighted by Gasteiger charge is -2.22. The molecule has 0 bridgehead atoms. The molecule has 0 spiro atoms. The average molecular weight is 318 g/mol. The van der Waals surface area contributed by atoms with Gasteiger partial charge < -0.3 is 0 Å². The minimum atomic E-state index is -0.962. The van der Waals surface area contributed by atoms with Gasteiger partial charge in [-0.25, -0.2) is 0 Å². The maximum absolute atomic E-state index is 6.23. The van der Waals surface area contributed by atoms with Gasteiger partial charge in [0.1, 0.15) is 10.4 Å². The molecule has 2 rings (SSSR count). The van der Waals surface area contributed by atoms with E-state index in [1.165, 1.54) is 5.56 Å². The Hall–Kier alpha value is -1.46. The van der Waals surface area contributed by atoms with Crippen molar-refractivity contribution in [2.75, 3.05) is 0 Å². The van der Waals surface area contributed by atoms with Gasteiger partial charge in [0.15, 0.2) is 0 Å². The van der Waals surface area contributed by atoms with E-state index >= 15 is 0 Å². The van der Waals surface area contributed by atoms with Crippen LogP contribution in [0.2, 0.25) is 0 Å². The van der Waals surface area contributed by atoms with Crippen LogP contribution in [-0.2, 0) is 6.54 Å². The van der Waals surface area contributed by atoms with E-state index in [0.717, 1.165) is 5.56 Å². The molecule has 2 aromatic rings. The summed E-state index contributed by atoms with van der Waals surface area (Å²) >= 11 is 12.5. The van der Waals surface area contributed by atoms with Crippen LogP contribution in [0.1, 0.15) is 18.1 Å². The Labute approximate surface area is 136 Å². The molecule has 0 radical (unpaired) electrons. The maximum Gasteiger partial charge on any atom is 0.141 e. The fourth-order valence-corrected chi connectivity index (χ4v) is 2.11. The molecular weight excluding hydrogens is 301 g/mol. The van der Waals surface area contributed by atoms with E-state index in [-0.39, 0.29) is 6.04 Å². The first-order valence-electron chi connectivity index (χ1n) is 6.77. The van der Waals surface area contributed by atoms with E-state index in [1.807, 2.05) is 48.5 Å². The summed E-state index contributed by atoms with van der Waals surface area (Å²) in [5.74, 6) is 6.23. The lowest BCUT2D eigenvalue weighted by atomic mass is 10.1. The Morgan fingerprint density at radius 1 is 1.00 bits per heavy atom. The first-order chi connectivity index (χ1) is 10.1. The highest BCUT2D eigenvalue weighted by atomic mass is 35.5. The number of nitrogens with one attached hydrogen (secondary N) is 1. The summed E-state index contributed by atoms with van der Waals surface area (Å²) in [4.78, 5) is 0. The number of alkyl halides is 2. The SMILES string of the molecule is CC(Cl)(Cl)C(C#Cc1ccccc1)NCc1ccccc1. The second-order valence-corrected chi connectivity index (χ2v) is 6.65. The molecule has 1 nitrogen and oxygen atoms in total. The summed E-state index contributed by atoms with van der Waals surface area (Å²) in [5, 5.41) is 3.31. The zero-order chi connectivity index (χ0) is 15.1. The number of benzene rings is 2. The molecular formula is C18H17Cl2N. The highest BCUT2D eigenvalue weighted by Gasteiger charge is 2.27.